The number of hydrogen-bond acceptors (Lipinski definition) is 6. The van der Waals surface area contributed by atoms with Gasteiger partial charge in [0.05, 0.1) is 18.9 Å². The highest BCUT2D eigenvalue weighted by Crippen LogP contribution is 2.21. The number of ether oxygens (including phenoxy) is 1. The Kier molecular flexibility index (Phi) is 7.82. The van der Waals surface area contributed by atoms with E-state index in [2.05, 4.69) is 20.8 Å². The molecule has 1 aromatic heterocycles. The van der Waals surface area contributed by atoms with Crippen molar-refractivity contribution >= 4 is 29.3 Å². The molecule has 10 heteroatoms. The first-order valence-corrected chi connectivity index (χ1v) is 11.0. The number of nitrogens with zero attached hydrogens (tertiary/aromatic N) is 3. The van der Waals surface area contributed by atoms with Crippen molar-refractivity contribution in [2.45, 2.75) is 31.6 Å². The van der Waals surface area contributed by atoms with E-state index < -0.39 is 0 Å². The predicted molar refractivity (Wildman–Crippen MR) is 120 cm³/mol. The summed E-state index contributed by atoms with van der Waals surface area (Å²) in [4.78, 5) is 24.8. The lowest BCUT2D eigenvalue weighted by atomic mass is 10.2. The molecular weight excluding hydrogens is 433 g/mol. The first-order chi connectivity index (χ1) is 15.4. The molecule has 1 atom stereocenters. The van der Waals surface area contributed by atoms with Gasteiger partial charge in [-0.3, -0.25) is 9.59 Å². The second kappa shape index (κ2) is 10.8. The lowest BCUT2D eigenvalue weighted by molar-refractivity contribution is -0.113. The van der Waals surface area contributed by atoms with E-state index in [-0.39, 0.29) is 29.4 Å². The van der Waals surface area contributed by atoms with Crippen LogP contribution < -0.4 is 15.4 Å². The number of nitrogens with one attached hydrogen (secondary N) is 2. The fraction of sp³-hybridized carbons (Fsp3) is 0.273. The monoisotopic (exact) mass is 457 g/mol. The minimum Gasteiger partial charge on any atom is -0.497 e. The van der Waals surface area contributed by atoms with Crippen molar-refractivity contribution in [3.8, 4) is 5.75 Å². The van der Waals surface area contributed by atoms with E-state index in [1.165, 1.54) is 36.0 Å². The van der Waals surface area contributed by atoms with E-state index in [1.807, 2.05) is 18.4 Å². The molecule has 0 aliphatic rings. The number of anilines is 1. The largest absolute Gasteiger partial charge is 0.497 e. The Morgan fingerprint density at radius 2 is 1.81 bits per heavy atom. The SMILES string of the molecule is CCn1c(SCC(=O)Nc2ccc(F)cc2)nnc1[C@H](C)NC(=O)c1ccc(OC)cc1. The molecule has 0 spiro atoms. The number of carbonyl (C=O) groups is 2. The van der Waals surface area contributed by atoms with Gasteiger partial charge in [0.15, 0.2) is 11.0 Å². The molecule has 1 heterocycles. The molecule has 168 valence electrons. The number of amides is 2. The highest BCUT2D eigenvalue weighted by molar-refractivity contribution is 7.99. The lowest BCUT2D eigenvalue weighted by Gasteiger charge is -2.15. The molecule has 0 unspecified atom stereocenters. The summed E-state index contributed by atoms with van der Waals surface area (Å²) in [6.07, 6.45) is 0. The van der Waals surface area contributed by atoms with Gasteiger partial charge in [-0.05, 0) is 62.4 Å². The lowest BCUT2D eigenvalue weighted by Crippen LogP contribution is -2.28. The van der Waals surface area contributed by atoms with Crippen molar-refractivity contribution in [3.63, 3.8) is 0 Å². The van der Waals surface area contributed by atoms with Crippen LogP contribution in [-0.4, -0.2) is 39.4 Å². The van der Waals surface area contributed by atoms with Crippen molar-refractivity contribution in [1.82, 2.24) is 20.1 Å². The van der Waals surface area contributed by atoms with Gasteiger partial charge in [-0.15, -0.1) is 10.2 Å². The number of methoxy groups -OCH3 is 1. The van der Waals surface area contributed by atoms with Crippen LogP contribution in [0.25, 0.3) is 0 Å². The van der Waals surface area contributed by atoms with Crippen LogP contribution in [0, 0.1) is 5.82 Å². The van der Waals surface area contributed by atoms with Gasteiger partial charge >= 0.3 is 0 Å². The minimum absolute atomic E-state index is 0.113. The predicted octanol–water partition coefficient (Wildman–Crippen LogP) is 3.67. The van der Waals surface area contributed by atoms with Gasteiger partial charge in [0.2, 0.25) is 5.91 Å². The summed E-state index contributed by atoms with van der Waals surface area (Å²) in [7, 11) is 1.57. The molecule has 2 amide bonds. The second-order valence-electron chi connectivity index (χ2n) is 6.85. The van der Waals surface area contributed by atoms with E-state index in [4.69, 9.17) is 4.74 Å². The number of thioether (sulfide) groups is 1. The zero-order chi connectivity index (χ0) is 23.1. The summed E-state index contributed by atoms with van der Waals surface area (Å²) in [5.74, 6) is 0.533. The van der Waals surface area contributed by atoms with E-state index in [0.717, 1.165) is 0 Å². The summed E-state index contributed by atoms with van der Waals surface area (Å²) >= 11 is 1.24. The van der Waals surface area contributed by atoms with Crippen molar-refractivity contribution in [2.24, 2.45) is 0 Å². The molecule has 32 heavy (non-hydrogen) atoms. The van der Waals surface area contributed by atoms with Gasteiger partial charge in [0, 0.05) is 17.8 Å². The average Bonchev–Trinajstić information content (AvgIpc) is 3.22. The maximum Gasteiger partial charge on any atom is 0.251 e. The van der Waals surface area contributed by atoms with Crippen LogP contribution >= 0.6 is 11.8 Å². The molecule has 0 bridgehead atoms. The molecule has 3 rings (SSSR count). The van der Waals surface area contributed by atoms with Crippen LogP contribution in [0.1, 0.15) is 36.1 Å². The van der Waals surface area contributed by atoms with Crippen LogP contribution in [0.4, 0.5) is 10.1 Å². The van der Waals surface area contributed by atoms with E-state index >= 15 is 0 Å². The molecule has 2 N–H and O–H groups in total. The standard InChI is InChI=1S/C22H24FN5O3S/c1-4-28-20(14(2)24-21(30)15-5-11-18(31-3)12-6-15)26-27-22(28)32-13-19(29)25-17-9-7-16(23)8-10-17/h5-12,14H,4,13H2,1-3H3,(H,24,30)(H,25,29)/t14-/m0/s1. The third kappa shape index (κ3) is 5.85. The summed E-state index contributed by atoms with van der Waals surface area (Å²) in [6.45, 7) is 4.34. The average molecular weight is 458 g/mol. The second-order valence-corrected chi connectivity index (χ2v) is 7.79. The van der Waals surface area contributed by atoms with Crippen LogP contribution in [0.5, 0.6) is 5.75 Å². The zero-order valence-electron chi connectivity index (χ0n) is 18.0. The summed E-state index contributed by atoms with van der Waals surface area (Å²) < 4.78 is 20.0. The molecule has 0 aliphatic heterocycles. The zero-order valence-corrected chi connectivity index (χ0v) is 18.8. The van der Waals surface area contributed by atoms with Gasteiger partial charge in [-0.1, -0.05) is 11.8 Å². The third-order valence-electron chi connectivity index (χ3n) is 4.61. The van der Waals surface area contributed by atoms with Crippen LogP contribution in [0.2, 0.25) is 0 Å². The first kappa shape index (κ1) is 23.3. The van der Waals surface area contributed by atoms with Gasteiger partial charge < -0.3 is 19.9 Å². The molecular formula is C22H24FN5O3S. The van der Waals surface area contributed by atoms with Gasteiger partial charge in [0.25, 0.3) is 5.91 Å². The Morgan fingerprint density at radius 3 is 2.44 bits per heavy atom. The fourth-order valence-corrected chi connectivity index (χ4v) is 3.78. The van der Waals surface area contributed by atoms with Crippen LogP contribution in [0.15, 0.2) is 53.7 Å². The van der Waals surface area contributed by atoms with Gasteiger partial charge in [-0.2, -0.15) is 0 Å². The topological polar surface area (TPSA) is 98.1 Å². The van der Waals surface area contributed by atoms with Gasteiger partial charge in [0.1, 0.15) is 11.6 Å². The molecule has 3 aromatic rings. The Morgan fingerprint density at radius 1 is 1.12 bits per heavy atom. The third-order valence-corrected chi connectivity index (χ3v) is 5.58. The smallest absolute Gasteiger partial charge is 0.251 e. The number of carbonyl (C=O) groups excluding carboxylic acids is 2. The van der Waals surface area contributed by atoms with Crippen molar-refractivity contribution in [1.29, 1.82) is 0 Å². The Hall–Kier alpha value is -3.40. The molecule has 0 aliphatic carbocycles. The maximum absolute atomic E-state index is 13.0. The first-order valence-electron chi connectivity index (χ1n) is 9.97. The Labute approximate surface area is 189 Å². The highest BCUT2D eigenvalue weighted by atomic mass is 32.2. The van der Waals surface area contributed by atoms with Gasteiger partial charge in [-0.25, -0.2) is 4.39 Å². The normalized spacial score (nSPS) is 11.6. The highest BCUT2D eigenvalue weighted by Gasteiger charge is 2.20. The number of hydrogen-bond donors (Lipinski definition) is 2. The number of rotatable bonds is 9. The fourth-order valence-electron chi connectivity index (χ4n) is 2.97. The molecule has 2 aromatic carbocycles. The number of halogens is 1. The quantitative estimate of drug-likeness (QED) is 0.476. The maximum atomic E-state index is 13.0. The van der Waals surface area contributed by atoms with Crippen LogP contribution in [-0.2, 0) is 11.3 Å². The van der Waals surface area contributed by atoms with E-state index in [9.17, 15) is 14.0 Å². The van der Waals surface area contributed by atoms with E-state index in [0.29, 0.717) is 34.5 Å². The van der Waals surface area contributed by atoms with Crippen molar-refractivity contribution in [3.05, 3.63) is 65.7 Å². The van der Waals surface area contributed by atoms with Crippen molar-refractivity contribution in [2.75, 3.05) is 18.2 Å². The summed E-state index contributed by atoms with van der Waals surface area (Å²) in [6, 6.07) is 12.0. The number of benzene rings is 2. The molecule has 0 saturated carbocycles. The Bertz CT molecular complexity index is 1070. The molecule has 0 fully saturated rings. The minimum atomic E-state index is -0.389. The summed E-state index contributed by atoms with van der Waals surface area (Å²) in [5.41, 5.74) is 1.02. The molecule has 8 nitrogen and oxygen atoms in total. The number of aromatic nitrogens is 3. The van der Waals surface area contributed by atoms with Crippen LogP contribution in [0.3, 0.4) is 0 Å². The van der Waals surface area contributed by atoms with E-state index in [1.54, 1.807) is 31.4 Å². The molecule has 0 radical (unpaired) electrons. The summed E-state index contributed by atoms with van der Waals surface area (Å²) in [5, 5.41) is 14.6. The molecule has 0 saturated heterocycles. The van der Waals surface area contributed by atoms with Crippen molar-refractivity contribution < 1.29 is 18.7 Å². The Balaban J connectivity index is 1.60.